The molecule has 0 saturated heterocycles. The summed E-state index contributed by atoms with van der Waals surface area (Å²) in [5, 5.41) is 0. The molecule has 0 radical (unpaired) electrons. The maximum Gasteiger partial charge on any atom is 0.306 e. The molecular formula is C71H118O6. The minimum atomic E-state index is -0.791. The van der Waals surface area contributed by atoms with Crippen molar-refractivity contribution in [1.29, 1.82) is 0 Å². The van der Waals surface area contributed by atoms with E-state index in [1.54, 1.807) is 0 Å². The standard InChI is InChI=1S/C71H118O6/c1-4-7-10-13-16-19-22-24-26-27-28-29-30-31-32-33-34-35-36-37-38-39-40-41-42-43-45-46-49-52-55-58-61-64-70(73)76-67-68(66-75-69(72)63-60-57-54-51-48-21-18-15-12-9-6-3)77-71(74)65-62-59-56-53-50-47-44-25-23-20-17-14-11-8-5-2/h7,10,15-20,24-26,28-29,31-32,34-35,37-38,44,68H,4-6,8-9,11-14,21-23,27,30,33,36,39-43,45-67H2,1-3H3/b10-7-,18-15-,19-16-,20-17-,26-24-,29-28-,32-31-,35-34-,38-37-,44-25-. The van der Waals surface area contributed by atoms with Crippen molar-refractivity contribution in [2.24, 2.45) is 0 Å². The monoisotopic (exact) mass is 1070 g/mol. The Hall–Kier alpha value is -4.19. The fourth-order valence-corrected chi connectivity index (χ4v) is 8.61. The Bertz CT molecular complexity index is 1600. The predicted molar refractivity (Wildman–Crippen MR) is 334 cm³/mol. The zero-order chi connectivity index (χ0) is 55.7. The van der Waals surface area contributed by atoms with Gasteiger partial charge in [0, 0.05) is 19.3 Å². The summed E-state index contributed by atoms with van der Waals surface area (Å²) in [4.78, 5) is 38.2. The van der Waals surface area contributed by atoms with Crippen LogP contribution in [0.5, 0.6) is 0 Å². The Morgan fingerprint density at radius 3 is 0.844 bits per heavy atom. The van der Waals surface area contributed by atoms with Gasteiger partial charge in [0.15, 0.2) is 6.10 Å². The van der Waals surface area contributed by atoms with Crippen LogP contribution in [-0.4, -0.2) is 37.2 Å². The first-order chi connectivity index (χ1) is 38.0. The smallest absolute Gasteiger partial charge is 0.306 e. The summed E-state index contributed by atoms with van der Waals surface area (Å²) in [5.74, 6) is -0.912. The lowest BCUT2D eigenvalue weighted by Gasteiger charge is -2.18. The Balaban J connectivity index is 4.21. The molecule has 0 rings (SSSR count). The van der Waals surface area contributed by atoms with Crippen molar-refractivity contribution in [3.63, 3.8) is 0 Å². The lowest BCUT2D eigenvalue weighted by Crippen LogP contribution is -2.30. The van der Waals surface area contributed by atoms with E-state index in [4.69, 9.17) is 14.2 Å². The van der Waals surface area contributed by atoms with E-state index in [9.17, 15) is 14.4 Å². The van der Waals surface area contributed by atoms with Crippen molar-refractivity contribution < 1.29 is 28.6 Å². The highest BCUT2D eigenvalue weighted by Gasteiger charge is 2.19. The van der Waals surface area contributed by atoms with Crippen LogP contribution < -0.4 is 0 Å². The van der Waals surface area contributed by atoms with E-state index in [-0.39, 0.29) is 31.1 Å². The molecule has 0 aromatic rings. The number of carbonyl (C=O) groups is 3. The van der Waals surface area contributed by atoms with Crippen molar-refractivity contribution in [1.82, 2.24) is 0 Å². The van der Waals surface area contributed by atoms with E-state index in [1.807, 2.05) is 0 Å². The van der Waals surface area contributed by atoms with Gasteiger partial charge in [-0.3, -0.25) is 14.4 Å². The van der Waals surface area contributed by atoms with Gasteiger partial charge in [0.25, 0.3) is 0 Å². The Labute approximate surface area is 475 Å². The number of esters is 3. The molecule has 0 aromatic heterocycles. The number of rotatable bonds is 57. The predicted octanol–water partition coefficient (Wildman–Crippen LogP) is 22.0. The van der Waals surface area contributed by atoms with Crippen LogP contribution in [0.4, 0.5) is 0 Å². The van der Waals surface area contributed by atoms with E-state index in [2.05, 4.69) is 142 Å². The first-order valence-corrected chi connectivity index (χ1v) is 32.0. The van der Waals surface area contributed by atoms with Crippen molar-refractivity contribution in [3.05, 3.63) is 122 Å². The van der Waals surface area contributed by atoms with Crippen molar-refractivity contribution >= 4 is 17.9 Å². The van der Waals surface area contributed by atoms with Crippen molar-refractivity contribution in [3.8, 4) is 0 Å². The Morgan fingerprint density at radius 2 is 0.519 bits per heavy atom. The van der Waals surface area contributed by atoms with Crippen LogP contribution in [0, 0.1) is 0 Å². The zero-order valence-electron chi connectivity index (χ0n) is 50.2. The van der Waals surface area contributed by atoms with Crippen LogP contribution in [0.25, 0.3) is 0 Å². The summed E-state index contributed by atoms with van der Waals surface area (Å²) in [7, 11) is 0. The average Bonchev–Trinajstić information content (AvgIpc) is 3.43. The average molecular weight is 1070 g/mol. The zero-order valence-corrected chi connectivity index (χ0v) is 50.2. The molecule has 0 spiro atoms. The second-order valence-corrected chi connectivity index (χ2v) is 20.9. The normalized spacial score (nSPS) is 12.9. The molecule has 6 heteroatoms. The molecule has 0 aromatic carbocycles. The first-order valence-electron chi connectivity index (χ1n) is 32.0. The van der Waals surface area contributed by atoms with Gasteiger partial charge in [-0.1, -0.05) is 264 Å². The van der Waals surface area contributed by atoms with Gasteiger partial charge in [0.1, 0.15) is 13.2 Å². The third-order valence-corrected chi connectivity index (χ3v) is 13.4. The van der Waals surface area contributed by atoms with Gasteiger partial charge in [0.05, 0.1) is 0 Å². The van der Waals surface area contributed by atoms with E-state index < -0.39 is 6.10 Å². The van der Waals surface area contributed by atoms with Crippen LogP contribution >= 0.6 is 0 Å². The van der Waals surface area contributed by atoms with Gasteiger partial charge in [-0.15, -0.1) is 0 Å². The van der Waals surface area contributed by atoms with E-state index in [0.717, 1.165) is 135 Å². The van der Waals surface area contributed by atoms with Gasteiger partial charge in [-0.05, 0) is 128 Å². The van der Waals surface area contributed by atoms with Crippen LogP contribution in [0.3, 0.4) is 0 Å². The van der Waals surface area contributed by atoms with Crippen molar-refractivity contribution in [2.45, 2.75) is 297 Å². The summed E-state index contributed by atoms with van der Waals surface area (Å²) >= 11 is 0. The molecule has 0 N–H and O–H groups in total. The van der Waals surface area contributed by atoms with Gasteiger partial charge in [-0.2, -0.15) is 0 Å². The molecule has 1 atom stereocenters. The van der Waals surface area contributed by atoms with Crippen LogP contribution in [-0.2, 0) is 28.6 Å². The second-order valence-electron chi connectivity index (χ2n) is 20.9. The van der Waals surface area contributed by atoms with Crippen LogP contribution in [0.1, 0.15) is 290 Å². The molecular weight excluding hydrogens is 949 g/mol. The SMILES string of the molecule is CC/C=C\C/C=C\C/C=C\C/C=C\C/C=C\C/C=C\C/C=C\CCCCCCCCCCCCCC(=O)OCC(COC(=O)CCCCCCC/C=C\CCCC)OC(=O)CCCCCCC/C=C\C/C=C\CCCCC. The number of ether oxygens (including phenoxy) is 3. The molecule has 1 unspecified atom stereocenters. The number of hydrogen-bond donors (Lipinski definition) is 0. The third kappa shape index (κ3) is 62.5. The molecule has 0 aliphatic carbocycles. The van der Waals surface area contributed by atoms with Crippen LogP contribution in [0.2, 0.25) is 0 Å². The summed E-state index contributed by atoms with van der Waals surface area (Å²) < 4.78 is 16.9. The van der Waals surface area contributed by atoms with Crippen LogP contribution in [0.15, 0.2) is 122 Å². The number of hydrogen-bond acceptors (Lipinski definition) is 6. The maximum atomic E-state index is 12.9. The quantitative estimate of drug-likeness (QED) is 0.0261. The van der Waals surface area contributed by atoms with E-state index in [0.29, 0.717) is 19.3 Å². The molecule has 0 amide bonds. The number of allylic oxidation sites excluding steroid dienone is 20. The summed E-state index contributed by atoms with van der Waals surface area (Å²) in [6.07, 6.45) is 89.3. The van der Waals surface area contributed by atoms with Gasteiger partial charge in [-0.25, -0.2) is 0 Å². The van der Waals surface area contributed by atoms with Crippen molar-refractivity contribution in [2.75, 3.05) is 13.2 Å². The molecule has 438 valence electrons. The molecule has 6 nitrogen and oxygen atoms in total. The molecule has 0 aliphatic heterocycles. The Kier molecular flexibility index (Phi) is 60.8. The fourth-order valence-electron chi connectivity index (χ4n) is 8.61. The number of carbonyl (C=O) groups excluding carboxylic acids is 3. The van der Waals surface area contributed by atoms with Gasteiger partial charge < -0.3 is 14.2 Å². The molecule has 0 aliphatic rings. The molecule has 77 heavy (non-hydrogen) atoms. The lowest BCUT2D eigenvalue weighted by atomic mass is 10.0. The number of unbranched alkanes of at least 4 members (excludes halogenated alkanes) is 26. The molecule has 0 fully saturated rings. The summed E-state index contributed by atoms with van der Waals surface area (Å²) in [5.41, 5.74) is 0. The molecule has 0 bridgehead atoms. The minimum absolute atomic E-state index is 0.0886. The van der Waals surface area contributed by atoms with E-state index in [1.165, 1.54) is 116 Å². The van der Waals surface area contributed by atoms with Gasteiger partial charge in [0.2, 0.25) is 0 Å². The highest BCUT2D eigenvalue weighted by atomic mass is 16.6. The maximum absolute atomic E-state index is 12.9. The first kappa shape index (κ1) is 72.8. The Morgan fingerprint density at radius 1 is 0.273 bits per heavy atom. The van der Waals surface area contributed by atoms with E-state index >= 15 is 0 Å². The third-order valence-electron chi connectivity index (χ3n) is 13.4. The highest BCUT2D eigenvalue weighted by Crippen LogP contribution is 2.15. The highest BCUT2D eigenvalue weighted by molar-refractivity contribution is 5.71. The minimum Gasteiger partial charge on any atom is -0.462 e. The lowest BCUT2D eigenvalue weighted by molar-refractivity contribution is -0.167. The largest absolute Gasteiger partial charge is 0.462 e. The molecule has 0 saturated carbocycles. The van der Waals surface area contributed by atoms with Gasteiger partial charge >= 0.3 is 17.9 Å². The summed E-state index contributed by atoms with van der Waals surface area (Å²) in [6, 6.07) is 0. The fraction of sp³-hybridized carbons (Fsp3) is 0.676. The summed E-state index contributed by atoms with van der Waals surface area (Å²) in [6.45, 7) is 6.45. The molecule has 0 heterocycles. The second kappa shape index (κ2) is 64.3. The topological polar surface area (TPSA) is 78.9 Å².